The van der Waals surface area contributed by atoms with Crippen LogP contribution in [0, 0.1) is 0 Å². The molecule has 0 radical (unpaired) electrons. The average molecular weight is 354 g/mol. The van der Waals surface area contributed by atoms with Crippen molar-refractivity contribution >= 4 is 23.5 Å². The van der Waals surface area contributed by atoms with Gasteiger partial charge in [-0.2, -0.15) is 5.10 Å². The topological polar surface area (TPSA) is 49.3 Å². The molecule has 2 aliphatic rings. The van der Waals surface area contributed by atoms with Gasteiger partial charge in [-0.05, 0) is 43.4 Å². The van der Waals surface area contributed by atoms with E-state index >= 15 is 0 Å². The summed E-state index contributed by atoms with van der Waals surface area (Å²) < 4.78 is 0. The second kappa shape index (κ2) is 7.04. The number of thioether (sulfide) groups is 1. The first-order valence-electron chi connectivity index (χ1n) is 8.77. The van der Waals surface area contributed by atoms with Crippen LogP contribution in [0.2, 0.25) is 0 Å². The molecule has 0 N–H and O–H groups in total. The minimum atomic E-state index is 0.125. The van der Waals surface area contributed by atoms with Crippen LogP contribution < -0.4 is 4.90 Å². The Hall–Kier alpha value is -2.08. The molecule has 1 saturated heterocycles. The number of carbonyl (C=O) groups excluding carboxylic acids is 1. The van der Waals surface area contributed by atoms with Gasteiger partial charge >= 0.3 is 0 Å². The van der Waals surface area contributed by atoms with Gasteiger partial charge in [-0.25, -0.2) is 0 Å². The number of piperazine rings is 1. The van der Waals surface area contributed by atoms with Crippen molar-refractivity contribution in [1.29, 1.82) is 0 Å². The van der Waals surface area contributed by atoms with Crippen LogP contribution in [-0.4, -0.2) is 53.4 Å². The fraction of sp³-hybridized carbons (Fsp3) is 0.421. The standard InChI is InChI=1S/C19H22N4OS/c1-25-17-5-3-2-4-15(17)19(24)23-12-10-22(11-13-23)18-9-8-16(20-21-18)14-6-7-14/h2-5,8-9,14H,6-7,10-13H2,1H3. The van der Waals surface area contributed by atoms with Crippen LogP contribution in [0.3, 0.4) is 0 Å². The summed E-state index contributed by atoms with van der Waals surface area (Å²) in [6.07, 6.45) is 4.49. The van der Waals surface area contributed by atoms with Crippen molar-refractivity contribution in [2.45, 2.75) is 23.7 Å². The van der Waals surface area contributed by atoms with Gasteiger partial charge in [-0.3, -0.25) is 4.79 Å². The lowest BCUT2D eigenvalue weighted by Gasteiger charge is -2.35. The zero-order valence-corrected chi connectivity index (χ0v) is 15.2. The minimum absolute atomic E-state index is 0.125. The molecule has 0 atom stereocenters. The number of aromatic nitrogens is 2. The van der Waals surface area contributed by atoms with E-state index in [0.717, 1.165) is 35.1 Å². The maximum Gasteiger partial charge on any atom is 0.255 e. The van der Waals surface area contributed by atoms with Crippen LogP contribution in [0.25, 0.3) is 0 Å². The Morgan fingerprint density at radius 2 is 1.80 bits per heavy atom. The number of amides is 1. The summed E-state index contributed by atoms with van der Waals surface area (Å²) in [7, 11) is 0. The fourth-order valence-electron chi connectivity index (χ4n) is 3.23. The number of anilines is 1. The largest absolute Gasteiger partial charge is 0.352 e. The lowest BCUT2D eigenvalue weighted by molar-refractivity contribution is 0.0743. The van der Waals surface area contributed by atoms with Crippen molar-refractivity contribution in [2.75, 3.05) is 37.3 Å². The predicted octanol–water partition coefficient (Wildman–Crippen LogP) is 3.04. The van der Waals surface area contributed by atoms with E-state index in [2.05, 4.69) is 27.2 Å². The van der Waals surface area contributed by atoms with E-state index in [-0.39, 0.29) is 5.91 Å². The molecule has 130 valence electrons. The third kappa shape index (κ3) is 3.49. The maximum atomic E-state index is 12.8. The highest BCUT2D eigenvalue weighted by Gasteiger charge is 2.27. The van der Waals surface area contributed by atoms with Gasteiger partial charge in [0, 0.05) is 37.0 Å². The number of hydrogen-bond acceptors (Lipinski definition) is 5. The first kappa shape index (κ1) is 16.4. The van der Waals surface area contributed by atoms with E-state index in [9.17, 15) is 4.79 Å². The number of benzene rings is 1. The van der Waals surface area contributed by atoms with Gasteiger partial charge < -0.3 is 9.80 Å². The van der Waals surface area contributed by atoms with Crippen LogP contribution in [0.15, 0.2) is 41.3 Å². The quantitative estimate of drug-likeness (QED) is 0.790. The first-order valence-corrected chi connectivity index (χ1v) is 9.99. The normalized spacial score (nSPS) is 17.6. The van der Waals surface area contributed by atoms with Gasteiger partial charge in [-0.1, -0.05) is 12.1 Å². The van der Waals surface area contributed by atoms with Crippen molar-refractivity contribution in [1.82, 2.24) is 15.1 Å². The molecule has 1 saturated carbocycles. The van der Waals surface area contributed by atoms with Crippen molar-refractivity contribution in [3.63, 3.8) is 0 Å². The zero-order valence-electron chi connectivity index (χ0n) is 14.4. The van der Waals surface area contributed by atoms with Gasteiger partial charge in [-0.15, -0.1) is 16.9 Å². The Morgan fingerprint density at radius 3 is 2.44 bits per heavy atom. The van der Waals surface area contributed by atoms with Crippen LogP contribution in [0.4, 0.5) is 5.82 Å². The molecule has 0 bridgehead atoms. The van der Waals surface area contributed by atoms with Gasteiger partial charge in [0.2, 0.25) is 0 Å². The Kier molecular flexibility index (Phi) is 4.61. The predicted molar refractivity (Wildman–Crippen MR) is 100 cm³/mol. The molecule has 0 unspecified atom stereocenters. The smallest absolute Gasteiger partial charge is 0.255 e. The van der Waals surface area contributed by atoms with Crippen LogP contribution in [-0.2, 0) is 0 Å². The first-order chi connectivity index (χ1) is 12.3. The van der Waals surface area contributed by atoms with Crippen molar-refractivity contribution in [2.24, 2.45) is 0 Å². The molecule has 1 amide bonds. The van der Waals surface area contributed by atoms with Crippen LogP contribution in [0.5, 0.6) is 0 Å². The molecule has 25 heavy (non-hydrogen) atoms. The van der Waals surface area contributed by atoms with Crippen molar-refractivity contribution in [3.05, 3.63) is 47.7 Å². The van der Waals surface area contributed by atoms with E-state index in [1.54, 1.807) is 11.8 Å². The fourth-order valence-corrected chi connectivity index (χ4v) is 3.82. The summed E-state index contributed by atoms with van der Waals surface area (Å²) >= 11 is 1.62. The molecule has 2 fully saturated rings. The van der Waals surface area contributed by atoms with E-state index in [1.165, 1.54) is 12.8 Å². The average Bonchev–Trinajstić information content (AvgIpc) is 3.53. The van der Waals surface area contributed by atoms with E-state index in [0.29, 0.717) is 19.0 Å². The molecule has 2 heterocycles. The second-order valence-corrected chi connectivity index (χ2v) is 7.42. The Bertz CT molecular complexity index is 752. The highest BCUT2D eigenvalue weighted by molar-refractivity contribution is 7.98. The number of rotatable bonds is 4. The van der Waals surface area contributed by atoms with Gasteiger partial charge in [0.1, 0.15) is 0 Å². The highest BCUT2D eigenvalue weighted by Crippen LogP contribution is 2.38. The maximum absolute atomic E-state index is 12.8. The molecule has 2 aromatic rings. The Morgan fingerprint density at radius 1 is 1.04 bits per heavy atom. The summed E-state index contributed by atoms with van der Waals surface area (Å²) in [4.78, 5) is 18.0. The number of carbonyl (C=O) groups is 1. The molecule has 0 spiro atoms. The monoisotopic (exact) mass is 354 g/mol. The molecule has 1 aromatic carbocycles. The molecular formula is C19H22N4OS. The molecule has 5 nitrogen and oxygen atoms in total. The summed E-state index contributed by atoms with van der Waals surface area (Å²) in [5.41, 5.74) is 1.92. The third-order valence-corrected chi connectivity index (χ3v) is 5.69. The Balaban J connectivity index is 1.39. The zero-order chi connectivity index (χ0) is 17.2. The Labute approximate surface area is 152 Å². The summed E-state index contributed by atoms with van der Waals surface area (Å²) in [5, 5.41) is 8.75. The third-order valence-electron chi connectivity index (χ3n) is 4.89. The van der Waals surface area contributed by atoms with E-state index in [4.69, 9.17) is 0 Å². The molecule has 1 aliphatic carbocycles. The van der Waals surface area contributed by atoms with Crippen LogP contribution >= 0.6 is 11.8 Å². The highest BCUT2D eigenvalue weighted by atomic mass is 32.2. The van der Waals surface area contributed by atoms with Crippen LogP contribution in [0.1, 0.15) is 34.8 Å². The SMILES string of the molecule is CSc1ccccc1C(=O)N1CCN(c2ccc(C3CC3)nn2)CC1. The molecule has 6 heteroatoms. The summed E-state index contributed by atoms with van der Waals surface area (Å²) in [6.45, 7) is 3.02. The lowest BCUT2D eigenvalue weighted by atomic mass is 10.2. The van der Waals surface area contributed by atoms with E-state index in [1.807, 2.05) is 35.4 Å². The lowest BCUT2D eigenvalue weighted by Crippen LogP contribution is -2.49. The van der Waals surface area contributed by atoms with Gasteiger partial charge in [0.25, 0.3) is 5.91 Å². The molecule has 1 aliphatic heterocycles. The molecule has 1 aromatic heterocycles. The molecule has 4 rings (SSSR count). The number of hydrogen-bond donors (Lipinski definition) is 0. The summed E-state index contributed by atoms with van der Waals surface area (Å²) in [6, 6.07) is 12.0. The number of nitrogens with zero attached hydrogens (tertiary/aromatic N) is 4. The summed E-state index contributed by atoms with van der Waals surface area (Å²) in [5.74, 6) is 1.67. The second-order valence-electron chi connectivity index (χ2n) is 6.57. The van der Waals surface area contributed by atoms with E-state index < -0.39 is 0 Å². The van der Waals surface area contributed by atoms with Crippen molar-refractivity contribution in [3.8, 4) is 0 Å². The van der Waals surface area contributed by atoms with Gasteiger partial charge in [0.05, 0.1) is 11.3 Å². The van der Waals surface area contributed by atoms with Crippen molar-refractivity contribution < 1.29 is 4.79 Å². The molecular weight excluding hydrogens is 332 g/mol. The van der Waals surface area contributed by atoms with Gasteiger partial charge in [0.15, 0.2) is 5.82 Å². The minimum Gasteiger partial charge on any atom is -0.352 e.